The van der Waals surface area contributed by atoms with E-state index in [9.17, 15) is 9.59 Å². The normalized spacial score (nSPS) is 13.8. The van der Waals surface area contributed by atoms with Gasteiger partial charge in [-0.15, -0.1) is 0 Å². The van der Waals surface area contributed by atoms with Gasteiger partial charge in [-0.1, -0.05) is 84.9 Å². The van der Waals surface area contributed by atoms with Gasteiger partial charge in [-0.05, 0) is 16.7 Å². The Kier molecular flexibility index (Phi) is 3.43. The molecule has 0 amide bonds. The van der Waals surface area contributed by atoms with Gasteiger partial charge in [0, 0.05) is 16.7 Å². The van der Waals surface area contributed by atoms with Crippen LogP contribution in [0.3, 0.4) is 0 Å². The summed E-state index contributed by atoms with van der Waals surface area (Å²) in [4.78, 5) is 25.5. The molecule has 3 aromatic rings. The van der Waals surface area contributed by atoms with Crippen molar-refractivity contribution in [1.29, 1.82) is 0 Å². The molecule has 0 fully saturated rings. The number of allylic oxidation sites excluding steroid dienone is 1. The molecule has 2 heteroatoms. The third kappa shape index (κ3) is 2.20. The number of ketones is 2. The van der Waals surface area contributed by atoms with Crippen LogP contribution in [0.25, 0.3) is 11.1 Å². The Morgan fingerprint density at radius 3 is 1.46 bits per heavy atom. The smallest absolute Gasteiger partial charge is 0.234 e. The van der Waals surface area contributed by atoms with E-state index in [1.54, 1.807) is 12.1 Å². The van der Waals surface area contributed by atoms with E-state index in [-0.39, 0.29) is 0 Å². The molecule has 0 saturated carbocycles. The summed E-state index contributed by atoms with van der Waals surface area (Å²) in [5, 5.41) is 0. The average Bonchev–Trinajstić information content (AvgIpc) is 2.66. The molecule has 0 aliphatic heterocycles. The first-order chi connectivity index (χ1) is 11.8. The highest BCUT2D eigenvalue weighted by Crippen LogP contribution is 2.38. The number of hydrogen-bond donors (Lipinski definition) is 0. The summed E-state index contributed by atoms with van der Waals surface area (Å²) in [5.74, 6) is -0.886. The fourth-order valence-electron chi connectivity index (χ4n) is 3.17. The number of carbonyl (C=O) groups is 2. The number of Topliss-reactive ketones (excluding diaryl/α,β-unsaturated/α-hetero) is 2. The molecule has 0 radical (unpaired) electrons. The summed E-state index contributed by atoms with van der Waals surface area (Å²) in [6.45, 7) is 0. The Balaban J connectivity index is 2.11. The number of benzene rings is 3. The van der Waals surface area contributed by atoms with Gasteiger partial charge < -0.3 is 0 Å². The minimum absolute atomic E-state index is 0.441. The summed E-state index contributed by atoms with van der Waals surface area (Å²) in [6.07, 6.45) is 0. The Morgan fingerprint density at radius 1 is 0.417 bits per heavy atom. The molecule has 0 saturated heterocycles. The van der Waals surface area contributed by atoms with Gasteiger partial charge in [-0.3, -0.25) is 9.59 Å². The van der Waals surface area contributed by atoms with Gasteiger partial charge in [-0.2, -0.15) is 0 Å². The summed E-state index contributed by atoms with van der Waals surface area (Å²) in [5.41, 5.74) is 4.29. The lowest BCUT2D eigenvalue weighted by molar-refractivity contribution is -0.110. The van der Waals surface area contributed by atoms with Crippen molar-refractivity contribution < 1.29 is 9.59 Å². The fraction of sp³-hybridized carbons (Fsp3) is 0. The van der Waals surface area contributed by atoms with Gasteiger partial charge in [-0.25, -0.2) is 0 Å². The van der Waals surface area contributed by atoms with Crippen molar-refractivity contribution in [2.24, 2.45) is 0 Å². The highest BCUT2D eigenvalue weighted by atomic mass is 16.2. The third-order valence-corrected chi connectivity index (χ3v) is 4.25. The van der Waals surface area contributed by atoms with Gasteiger partial charge in [0.25, 0.3) is 0 Å². The van der Waals surface area contributed by atoms with Crippen molar-refractivity contribution in [2.75, 3.05) is 0 Å². The van der Waals surface area contributed by atoms with Crippen LogP contribution in [0.4, 0.5) is 0 Å². The molecule has 0 atom stereocenters. The van der Waals surface area contributed by atoms with E-state index in [2.05, 4.69) is 0 Å². The highest BCUT2D eigenvalue weighted by molar-refractivity contribution is 6.63. The second-order valence-electron chi connectivity index (χ2n) is 5.69. The van der Waals surface area contributed by atoms with E-state index >= 15 is 0 Å². The lowest BCUT2D eigenvalue weighted by Crippen LogP contribution is -2.23. The number of rotatable bonds is 2. The zero-order chi connectivity index (χ0) is 16.5. The van der Waals surface area contributed by atoms with Crippen molar-refractivity contribution in [3.8, 4) is 0 Å². The molecular formula is C22H14O2. The van der Waals surface area contributed by atoms with Crippen LogP contribution in [0, 0.1) is 0 Å². The summed E-state index contributed by atoms with van der Waals surface area (Å²) < 4.78 is 0. The zero-order valence-electron chi connectivity index (χ0n) is 12.9. The Labute approximate surface area is 140 Å². The largest absolute Gasteiger partial charge is 0.285 e. The van der Waals surface area contributed by atoms with E-state index in [1.807, 2.05) is 72.8 Å². The molecule has 0 aromatic heterocycles. The number of carbonyl (C=O) groups excluding carboxylic acids is 2. The van der Waals surface area contributed by atoms with Gasteiger partial charge in [0.05, 0.1) is 0 Å². The summed E-state index contributed by atoms with van der Waals surface area (Å²) in [6, 6.07) is 26.5. The second kappa shape index (κ2) is 5.74. The van der Waals surface area contributed by atoms with Crippen LogP contribution in [0.15, 0.2) is 84.9 Å². The Hall–Kier alpha value is -3.26. The standard InChI is InChI=1S/C22H14O2/c23-21-18-14-8-7-13-17(18)19(15-9-3-1-4-10-15)20(22(21)24)16-11-5-2-6-12-16/h1-14H. The maximum absolute atomic E-state index is 12.9. The molecule has 114 valence electrons. The minimum atomic E-state index is -0.446. The molecule has 0 heterocycles. The summed E-state index contributed by atoms with van der Waals surface area (Å²) >= 11 is 0. The van der Waals surface area contributed by atoms with Gasteiger partial charge >= 0.3 is 0 Å². The monoisotopic (exact) mass is 310 g/mol. The van der Waals surface area contributed by atoms with E-state index in [1.165, 1.54) is 0 Å². The molecule has 0 bridgehead atoms. The quantitative estimate of drug-likeness (QED) is 0.657. The molecule has 1 aliphatic rings. The van der Waals surface area contributed by atoms with Gasteiger partial charge in [0.2, 0.25) is 11.6 Å². The Morgan fingerprint density at radius 2 is 0.875 bits per heavy atom. The van der Waals surface area contributed by atoms with Crippen molar-refractivity contribution in [3.63, 3.8) is 0 Å². The van der Waals surface area contributed by atoms with Crippen LogP contribution in [0.2, 0.25) is 0 Å². The van der Waals surface area contributed by atoms with E-state index < -0.39 is 11.6 Å². The zero-order valence-corrected chi connectivity index (χ0v) is 12.9. The minimum Gasteiger partial charge on any atom is -0.285 e. The molecule has 0 N–H and O–H groups in total. The maximum Gasteiger partial charge on any atom is 0.234 e. The predicted octanol–water partition coefficient (Wildman–Crippen LogP) is 4.41. The van der Waals surface area contributed by atoms with Crippen molar-refractivity contribution in [1.82, 2.24) is 0 Å². The lowest BCUT2D eigenvalue weighted by atomic mass is 9.78. The molecule has 3 aromatic carbocycles. The van der Waals surface area contributed by atoms with Crippen molar-refractivity contribution >= 4 is 22.7 Å². The summed E-state index contributed by atoms with van der Waals surface area (Å²) in [7, 11) is 0. The SMILES string of the molecule is O=C1C(=O)c2ccccc2C(c2ccccc2)=C1c1ccccc1. The van der Waals surface area contributed by atoms with Crippen molar-refractivity contribution in [2.45, 2.75) is 0 Å². The second-order valence-corrected chi connectivity index (χ2v) is 5.69. The molecule has 2 nitrogen and oxygen atoms in total. The molecule has 0 unspecified atom stereocenters. The van der Waals surface area contributed by atoms with E-state index in [0.717, 1.165) is 22.3 Å². The molecule has 24 heavy (non-hydrogen) atoms. The molecular weight excluding hydrogens is 296 g/mol. The first kappa shape index (κ1) is 14.3. The van der Waals surface area contributed by atoms with Gasteiger partial charge in [0.15, 0.2) is 0 Å². The fourth-order valence-corrected chi connectivity index (χ4v) is 3.17. The van der Waals surface area contributed by atoms with Crippen LogP contribution in [-0.4, -0.2) is 11.6 Å². The average molecular weight is 310 g/mol. The van der Waals surface area contributed by atoms with Crippen LogP contribution in [0.5, 0.6) is 0 Å². The maximum atomic E-state index is 12.9. The third-order valence-electron chi connectivity index (χ3n) is 4.25. The van der Waals surface area contributed by atoms with Crippen LogP contribution < -0.4 is 0 Å². The Bertz CT molecular complexity index is 967. The van der Waals surface area contributed by atoms with E-state index in [0.29, 0.717) is 11.1 Å². The van der Waals surface area contributed by atoms with E-state index in [4.69, 9.17) is 0 Å². The topological polar surface area (TPSA) is 34.1 Å². The number of fused-ring (bicyclic) bond motifs is 1. The molecule has 0 spiro atoms. The molecule has 1 aliphatic carbocycles. The van der Waals surface area contributed by atoms with Crippen molar-refractivity contribution in [3.05, 3.63) is 107 Å². The highest BCUT2D eigenvalue weighted by Gasteiger charge is 2.33. The lowest BCUT2D eigenvalue weighted by Gasteiger charge is -2.22. The van der Waals surface area contributed by atoms with Crippen LogP contribution in [0.1, 0.15) is 27.0 Å². The van der Waals surface area contributed by atoms with Gasteiger partial charge in [0.1, 0.15) is 0 Å². The molecule has 4 rings (SSSR count). The number of hydrogen-bond acceptors (Lipinski definition) is 2. The van der Waals surface area contributed by atoms with Crippen LogP contribution >= 0.6 is 0 Å². The van der Waals surface area contributed by atoms with Crippen LogP contribution in [-0.2, 0) is 4.79 Å². The first-order valence-electron chi connectivity index (χ1n) is 7.81. The predicted molar refractivity (Wildman–Crippen MR) is 94.6 cm³/mol. The first-order valence-corrected chi connectivity index (χ1v) is 7.81.